The smallest absolute Gasteiger partial charge is 0.156 e. The molecule has 2 aromatic heterocycles. The number of hydrogen-bond acceptors (Lipinski definition) is 2. The Bertz CT molecular complexity index is 966. The quantitative estimate of drug-likeness (QED) is 0.532. The van der Waals surface area contributed by atoms with Crippen molar-refractivity contribution in [1.29, 1.82) is 0 Å². The van der Waals surface area contributed by atoms with Crippen molar-refractivity contribution in [3.63, 3.8) is 0 Å². The van der Waals surface area contributed by atoms with E-state index < -0.39 is 0 Å². The van der Waals surface area contributed by atoms with Crippen LogP contribution in [0.1, 0.15) is 0 Å². The van der Waals surface area contributed by atoms with Crippen LogP contribution in [-0.4, -0.2) is 20.2 Å². The monoisotopic (exact) mass is 346 g/mol. The molecule has 114 valence electrons. The van der Waals surface area contributed by atoms with E-state index in [9.17, 15) is 4.39 Å². The fourth-order valence-electron chi connectivity index (χ4n) is 2.34. The van der Waals surface area contributed by atoms with Gasteiger partial charge in [-0.3, -0.25) is 5.10 Å². The number of aromatic nitrogens is 4. The standard InChI is InChI=1S/C16H9Cl2FN4/c17-10-5-13-14(6-11(10)18)21-16(20-13)15-7-12(22-23-15)8-1-3-9(19)4-2-8/h1-7H,(H,20,21)(H,22,23). The predicted molar refractivity (Wildman–Crippen MR) is 89.1 cm³/mol. The molecule has 7 heteroatoms. The van der Waals surface area contributed by atoms with Crippen LogP contribution in [0.25, 0.3) is 33.8 Å². The number of fused-ring (bicyclic) bond motifs is 1. The van der Waals surface area contributed by atoms with Gasteiger partial charge in [-0.25, -0.2) is 9.37 Å². The molecule has 4 aromatic rings. The summed E-state index contributed by atoms with van der Waals surface area (Å²) in [4.78, 5) is 7.64. The molecule has 0 unspecified atom stereocenters. The molecule has 0 aliphatic carbocycles. The van der Waals surface area contributed by atoms with Crippen LogP contribution in [0.15, 0.2) is 42.5 Å². The molecule has 0 saturated heterocycles. The van der Waals surface area contributed by atoms with Crippen molar-refractivity contribution in [2.45, 2.75) is 0 Å². The van der Waals surface area contributed by atoms with Crippen LogP contribution in [-0.2, 0) is 0 Å². The first-order valence-electron chi connectivity index (χ1n) is 6.76. The molecule has 0 aliphatic heterocycles. The van der Waals surface area contributed by atoms with Gasteiger partial charge in [0.1, 0.15) is 11.5 Å². The van der Waals surface area contributed by atoms with Crippen LogP contribution in [0.3, 0.4) is 0 Å². The zero-order chi connectivity index (χ0) is 16.0. The molecule has 0 fully saturated rings. The summed E-state index contributed by atoms with van der Waals surface area (Å²) in [7, 11) is 0. The van der Waals surface area contributed by atoms with Gasteiger partial charge in [-0.2, -0.15) is 5.10 Å². The highest BCUT2D eigenvalue weighted by atomic mass is 35.5. The van der Waals surface area contributed by atoms with E-state index in [4.69, 9.17) is 23.2 Å². The molecule has 2 N–H and O–H groups in total. The summed E-state index contributed by atoms with van der Waals surface area (Å²) in [6.07, 6.45) is 0. The summed E-state index contributed by atoms with van der Waals surface area (Å²) in [6, 6.07) is 11.4. The number of nitrogens with one attached hydrogen (secondary N) is 2. The van der Waals surface area contributed by atoms with Gasteiger partial charge in [0.15, 0.2) is 5.82 Å². The van der Waals surface area contributed by atoms with Crippen LogP contribution in [0.4, 0.5) is 4.39 Å². The van der Waals surface area contributed by atoms with Crippen LogP contribution in [0, 0.1) is 5.82 Å². The molecule has 0 saturated carbocycles. The highest BCUT2D eigenvalue weighted by Crippen LogP contribution is 2.29. The van der Waals surface area contributed by atoms with Gasteiger partial charge < -0.3 is 4.98 Å². The molecule has 2 aromatic carbocycles. The zero-order valence-electron chi connectivity index (χ0n) is 11.6. The topological polar surface area (TPSA) is 57.4 Å². The maximum absolute atomic E-state index is 13.0. The molecular formula is C16H9Cl2FN4. The van der Waals surface area contributed by atoms with Crippen molar-refractivity contribution in [3.05, 3.63) is 58.3 Å². The number of benzene rings is 2. The Labute approximate surface area is 140 Å². The molecule has 0 radical (unpaired) electrons. The number of rotatable bonds is 2. The molecule has 0 aliphatic rings. The second-order valence-corrected chi connectivity index (χ2v) is 5.86. The molecule has 4 rings (SSSR count). The van der Waals surface area contributed by atoms with E-state index in [-0.39, 0.29) is 5.82 Å². The summed E-state index contributed by atoms with van der Waals surface area (Å²) >= 11 is 12.0. The van der Waals surface area contributed by atoms with E-state index in [1.165, 1.54) is 12.1 Å². The Morgan fingerprint density at radius 3 is 2.48 bits per heavy atom. The molecular weight excluding hydrogens is 338 g/mol. The number of halogens is 3. The lowest BCUT2D eigenvalue weighted by atomic mass is 10.1. The highest BCUT2D eigenvalue weighted by molar-refractivity contribution is 6.42. The summed E-state index contributed by atoms with van der Waals surface area (Å²) < 4.78 is 13.0. The molecule has 2 heterocycles. The second kappa shape index (κ2) is 5.37. The molecule has 23 heavy (non-hydrogen) atoms. The Balaban J connectivity index is 1.75. The first-order valence-corrected chi connectivity index (χ1v) is 7.52. The molecule has 0 spiro atoms. The number of H-pyrrole nitrogens is 2. The first kappa shape index (κ1) is 14.2. The van der Waals surface area contributed by atoms with Gasteiger partial charge in [0, 0.05) is 5.56 Å². The highest BCUT2D eigenvalue weighted by Gasteiger charge is 2.11. The number of nitrogens with zero attached hydrogens (tertiary/aromatic N) is 2. The minimum atomic E-state index is -0.282. The van der Waals surface area contributed by atoms with Crippen molar-refractivity contribution >= 4 is 34.2 Å². The average Bonchev–Trinajstić information content (AvgIpc) is 3.15. The van der Waals surface area contributed by atoms with E-state index in [2.05, 4.69) is 20.2 Å². The molecule has 0 amide bonds. The van der Waals surface area contributed by atoms with Crippen molar-refractivity contribution in [3.8, 4) is 22.8 Å². The van der Waals surface area contributed by atoms with Gasteiger partial charge in [-0.05, 0) is 42.5 Å². The van der Waals surface area contributed by atoms with Crippen LogP contribution >= 0.6 is 23.2 Å². The van der Waals surface area contributed by atoms with E-state index in [0.717, 1.165) is 11.1 Å². The van der Waals surface area contributed by atoms with Gasteiger partial charge in [-0.1, -0.05) is 23.2 Å². The minimum Gasteiger partial charge on any atom is -0.337 e. The maximum Gasteiger partial charge on any atom is 0.156 e. The van der Waals surface area contributed by atoms with Gasteiger partial charge in [0.25, 0.3) is 0 Å². The fraction of sp³-hybridized carbons (Fsp3) is 0. The SMILES string of the molecule is Fc1ccc(-c2cc(-c3nc4cc(Cl)c(Cl)cc4[nH]3)[nH]n2)cc1. The third kappa shape index (κ3) is 2.58. The lowest BCUT2D eigenvalue weighted by Gasteiger charge is -1.94. The van der Waals surface area contributed by atoms with Crippen molar-refractivity contribution in [2.24, 2.45) is 0 Å². The Morgan fingerprint density at radius 2 is 1.70 bits per heavy atom. The number of aromatic amines is 2. The van der Waals surface area contributed by atoms with E-state index in [0.29, 0.717) is 32.8 Å². The van der Waals surface area contributed by atoms with Gasteiger partial charge in [-0.15, -0.1) is 0 Å². The molecule has 4 nitrogen and oxygen atoms in total. The van der Waals surface area contributed by atoms with Crippen LogP contribution < -0.4 is 0 Å². The van der Waals surface area contributed by atoms with Gasteiger partial charge in [0.2, 0.25) is 0 Å². The summed E-state index contributed by atoms with van der Waals surface area (Å²) in [5, 5.41) is 8.08. The van der Waals surface area contributed by atoms with E-state index in [1.807, 2.05) is 6.07 Å². The first-order chi connectivity index (χ1) is 11.1. The largest absolute Gasteiger partial charge is 0.337 e. The second-order valence-electron chi connectivity index (χ2n) is 5.04. The maximum atomic E-state index is 13.0. The third-order valence-electron chi connectivity index (χ3n) is 3.50. The van der Waals surface area contributed by atoms with Crippen molar-refractivity contribution in [1.82, 2.24) is 20.2 Å². The van der Waals surface area contributed by atoms with Crippen molar-refractivity contribution < 1.29 is 4.39 Å². The number of hydrogen-bond donors (Lipinski definition) is 2. The fourth-order valence-corrected chi connectivity index (χ4v) is 2.67. The van der Waals surface area contributed by atoms with Gasteiger partial charge >= 0.3 is 0 Å². The Hall–Kier alpha value is -2.37. The normalized spacial score (nSPS) is 11.3. The predicted octanol–water partition coefficient (Wildman–Crippen LogP) is 5.07. The van der Waals surface area contributed by atoms with E-state index in [1.54, 1.807) is 24.3 Å². The third-order valence-corrected chi connectivity index (χ3v) is 4.22. The lowest BCUT2D eigenvalue weighted by molar-refractivity contribution is 0.628. The van der Waals surface area contributed by atoms with Gasteiger partial charge in [0.05, 0.1) is 26.8 Å². The molecule has 0 atom stereocenters. The summed E-state index contributed by atoms with van der Waals surface area (Å²) in [5.74, 6) is 0.342. The molecule has 0 bridgehead atoms. The lowest BCUT2D eigenvalue weighted by Crippen LogP contribution is -1.79. The van der Waals surface area contributed by atoms with Crippen molar-refractivity contribution in [2.75, 3.05) is 0 Å². The summed E-state index contributed by atoms with van der Waals surface area (Å²) in [5.41, 5.74) is 3.74. The average molecular weight is 347 g/mol. The Morgan fingerprint density at radius 1 is 0.957 bits per heavy atom. The zero-order valence-corrected chi connectivity index (χ0v) is 13.1. The van der Waals surface area contributed by atoms with Crippen LogP contribution in [0.2, 0.25) is 10.0 Å². The Kier molecular flexibility index (Phi) is 3.32. The number of imidazole rings is 1. The van der Waals surface area contributed by atoms with Crippen LogP contribution in [0.5, 0.6) is 0 Å². The van der Waals surface area contributed by atoms with E-state index >= 15 is 0 Å². The summed E-state index contributed by atoms with van der Waals surface area (Å²) in [6.45, 7) is 0. The minimum absolute atomic E-state index is 0.282.